The van der Waals surface area contributed by atoms with E-state index < -0.39 is 8.32 Å². The molecular formula is C19H38O2Si. The van der Waals surface area contributed by atoms with E-state index in [0.29, 0.717) is 30.0 Å². The first-order chi connectivity index (χ1) is 10.5. The van der Waals surface area contributed by atoms with Crippen LogP contribution >= 0.6 is 0 Å². The first-order valence-corrected chi connectivity index (χ1v) is 12.3. The van der Waals surface area contributed by atoms with E-state index in [-0.39, 0.29) is 0 Å². The molecule has 0 bridgehead atoms. The SMILES string of the molecule is CC[Si](CC)(CC)O[C@H]1CCC[C@@]2(C)C1CC[C@@H]2C(C)CO. The van der Waals surface area contributed by atoms with E-state index in [4.69, 9.17) is 4.43 Å². The Morgan fingerprint density at radius 2 is 1.77 bits per heavy atom. The number of aliphatic hydroxyl groups is 1. The molecule has 5 atom stereocenters. The van der Waals surface area contributed by atoms with Gasteiger partial charge in [0.1, 0.15) is 0 Å². The van der Waals surface area contributed by atoms with E-state index in [0.717, 1.165) is 5.92 Å². The summed E-state index contributed by atoms with van der Waals surface area (Å²) >= 11 is 0. The quantitative estimate of drug-likeness (QED) is 0.650. The van der Waals surface area contributed by atoms with Crippen LogP contribution in [0.4, 0.5) is 0 Å². The third-order valence-electron chi connectivity index (χ3n) is 7.44. The molecule has 22 heavy (non-hydrogen) atoms. The Balaban J connectivity index is 2.16. The van der Waals surface area contributed by atoms with Crippen molar-refractivity contribution in [2.75, 3.05) is 6.61 Å². The molecule has 2 unspecified atom stereocenters. The zero-order valence-corrected chi connectivity index (χ0v) is 16.5. The minimum Gasteiger partial charge on any atom is -0.414 e. The van der Waals surface area contributed by atoms with Crippen molar-refractivity contribution in [3.05, 3.63) is 0 Å². The fraction of sp³-hybridized carbons (Fsp3) is 1.00. The zero-order valence-electron chi connectivity index (χ0n) is 15.5. The molecule has 3 heteroatoms. The third-order valence-corrected chi connectivity index (χ3v) is 12.1. The van der Waals surface area contributed by atoms with Gasteiger partial charge in [-0.05, 0) is 67.0 Å². The highest BCUT2D eigenvalue weighted by atomic mass is 28.4. The highest BCUT2D eigenvalue weighted by Gasteiger charge is 2.53. The van der Waals surface area contributed by atoms with Crippen LogP contribution in [0.3, 0.4) is 0 Å². The fourth-order valence-corrected chi connectivity index (χ4v) is 8.61. The Kier molecular flexibility index (Phi) is 6.18. The summed E-state index contributed by atoms with van der Waals surface area (Å²) in [5.41, 5.74) is 0.403. The number of hydrogen-bond acceptors (Lipinski definition) is 2. The molecule has 0 spiro atoms. The maximum atomic E-state index is 9.64. The van der Waals surface area contributed by atoms with Gasteiger partial charge >= 0.3 is 0 Å². The third kappa shape index (κ3) is 3.18. The molecule has 2 saturated carbocycles. The average molecular weight is 327 g/mol. The molecule has 2 aliphatic carbocycles. The van der Waals surface area contributed by atoms with Crippen LogP contribution in [0.1, 0.15) is 66.7 Å². The minimum atomic E-state index is -1.50. The number of hydrogen-bond donors (Lipinski definition) is 1. The lowest BCUT2D eigenvalue weighted by molar-refractivity contribution is -0.0251. The van der Waals surface area contributed by atoms with Gasteiger partial charge in [0.2, 0.25) is 0 Å². The van der Waals surface area contributed by atoms with E-state index in [1.807, 2.05) is 0 Å². The van der Waals surface area contributed by atoms with Crippen molar-refractivity contribution in [3.63, 3.8) is 0 Å². The lowest BCUT2D eigenvalue weighted by atomic mass is 9.62. The number of rotatable bonds is 7. The van der Waals surface area contributed by atoms with Crippen LogP contribution in [0.5, 0.6) is 0 Å². The monoisotopic (exact) mass is 326 g/mol. The minimum absolute atomic E-state index is 0.343. The zero-order chi connectivity index (χ0) is 16.4. The number of aliphatic hydroxyl groups excluding tert-OH is 1. The van der Waals surface area contributed by atoms with E-state index in [1.54, 1.807) is 0 Å². The molecule has 2 aliphatic rings. The first-order valence-electron chi connectivity index (χ1n) is 9.75. The molecule has 0 heterocycles. The molecule has 2 nitrogen and oxygen atoms in total. The average Bonchev–Trinajstić information content (AvgIpc) is 2.90. The van der Waals surface area contributed by atoms with Crippen LogP contribution in [0.15, 0.2) is 0 Å². The van der Waals surface area contributed by atoms with E-state index in [1.165, 1.54) is 50.2 Å². The van der Waals surface area contributed by atoms with Crippen LogP contribution < -0.4 is 0 Å². The number of fused-ring (bicyclic) bond motifs is 1. The summed E-state index contributed by atoms with van der Waals surface area (Å²) in [6.07, 6.45) is 7.04. The van der Waals surface area contributed by atoms with E-state index in [2.05, 4.69) is 34.6 Å². The summed E-state index contributed by atoms with van der Waals surface area (Å²) in [7, 11) is -1.50. The van der Waals surface area contributed by atoms with E-state index in [9.17, 15) is 5.11 Å². The summed E-state index contributed by atoms with van der Waals surface area (Å²) in [6.45, 7) is 12.1. The molecule has 2 fully saturated rings. The van der Waals surface area contributed by atoms with Crippen molar-refractivity contribution < 1.29 is 9.53 Å². The van der Waals surface area contributed by atoms with Crippen molar-refractivity contribution in [1.82, 2.24) is 0 Å². The lowest BCUT2D eigenvalue weighted by Gasteiger charge is -2.48. The normalized spacial score (nSPS) is 37.1. The smallest absolute Gasteiger partial charge is 0.192 e. The largest absolute Gasteiger partial charge is 0.414 e. The van der Waals surface area contributed by atoms with Gasteiger partial charge in [-0.15, -0.1) is 0 Å². The van der Waals surface area contributed by atoms with Crippen LogP contribution in [0.25, 0.3) is 0 Å². The van der Waals surface area contributed by atoms with Gasteiger partial charge in [-0.3, -0.25) is 0 Å². The summed E-state index contributed by atoms with van der Waals surface area (Å²) in [5.74, 6) is 1.87. The van der Waals surface area contributed by atoms with Crippen molar-refractivity contribution in [3.8, 4) is 0 Å². The Morgan fingerprint density at radius 3 is 2.32 bits per heavy atom. The molecule has 0 amide bonds. The standard InChI is InChI=1S/C19H38O2Si/c1-6-22(7-2,8-3)21-18-10-9-13-19(5)16(15(4)14-20)11-12-17(18)19/h15-18,20H,6-14H2,1-5H3/t15?,16-,17?,18+,19-/m1/s1. The van der Waals surface area contributed by atoms with E-state index >= 15 is 0 Å². The van der Waals surface area contributed by atoms with Gasteiger partial charge in [-0.1, -0.05) is 41.0 Å². The fourth-order valence-electron chi connectivity index (χ4n) is 5.68. The second-order valence-corrected chi connectivity index (χ2v) is 13.0. The van der Waals surface area contributed by atoms with Gasteiger partial charge in [-0.2, -0.15) is 0 Å². The Hall–Kier alpha value is 0.137. The summed E-state index contributed by atoms with van der Waals surface area (Å²) in [5, 5.41) is 9.64. The van der Waals surface area contributed by atoms with Crippen LogP contribution in [0, 0.1) is 23.2 Å². The highest BCUT2D eigenvalue weighted by molar-refractivity contribution is 6.73. The van der Waals surface area contributed by atoms with Crippen molar-refractivity contribution in [2.24, 2.45) is 23.2 Å². The highest BCUT2D eigenvalue weighted by Crippen LogP contribution is 2.58. The second kappa shape index (κ2) is 7.35. The van der Waals surface area contributed by atoms with Gasteiger partial charge in [-0.25, -0.2) is 0 Å². The summed E-state index contributed by atoms with van der Waals surface area (Å²) < 4.78 is 6.94. The second-order valence-electron chi connectivity index (χ2n) is 8.25. The van der Waals surface area contributed by atoms with Gasteiger partial charge in [0.05, 0.1) is 0 Å². The molecule has 0 aliphatic heterocycles. The molecular weight excluding hydrogens is 288 g/mol. The molecule has 0 aromatic heterocycles. The van der Waals surface area contributed by atoms with Crippen LogP contribution in [0.2, 0.25) is 18.1 Å². The predicted molar refractivity (Wildman–Crippen MR) is 96.5 cm³/mol. The maximum Gasteiger partial charge on any atom is 0.192 e. The topological polar surface area (TPSA) is 29.5 Å². The Bertz CT molecular complexity index is 347. The molecule has 0 aromatic rings. The van der Waals surface area contributed by atoms with Gasteiger partial charge in [0.15, 0.2) is 8.32 Å². The Labute approximate surface area is 139 Å². The lowest BCUT2D eigenvalue weighted by Crippen LogP contribution is -2.48. The van der Waals surface area contributed by atoms with Gasteiger partial charge < -0.3 is 9.53 Å². The summed E-state index contributed by atoms with van der Waals surface area (Å²) in [4.78, 5) is 0. The van der Waals surface area contributed by atoms with Crippen molar-refractivity contribution >= 4 is 8.32 Å². The molecule has 2 rings (SSSR count). The van der Waals surface area contributed by atoms with Gasteiger partial charge in [0, 0.05) is 12.7 Å². The van der Waals surface area contributed by atoms with Gasteiger partial charge in [0.25, 0.3) is 0 Å². The molecule has 1 N–H and O–H groups in total. The molecule has 130 valence electrons. The predicted octanol–water partition coefficient (Wildman–Crippen LogP) is 5.22. The Morgan fingerprint density at radius 1 is 1.14 bits per heavy atom. The maximum absolute atomic E-state index is 9.64. The van der Waals surface area contributed by atoms with Crippen LogP contribution in [-0.4, -0.2) is 26.1 Å². The molecule has 0 aromatic carbocycles. The molecule has 0 saturated heterocycles. The first kappa shape index (κ1) is 18.5. The van der Waals surface area contributed by atoms with Crippen LogP contribution in [-0.2, 0) is 4.43 Å². The van der Waals surface area contributed by atoms with Crippen molar-refractivity contribution in [1.29, 1.82) is 0 Å². The summed E-state index contributed by atoms with van der Waals surface area (Å²) in [6, 6.07) is 3.78. The van der Waals surface area contributed by atoms with Crippen molar-refractivity contribution in [2.45, 2.75) is 91.0 Å². The molecule has 0 radical (unpaired) electrons.